The van der Waals surface area contributed by atoms with Crippen LogP contribution in [0, 0.1) is 0 Å². The summed E-state index contributed by atoms with van der Waals surface area (Å²) in [4.78, 5) is 2.31. The van der Waals surface area contributed by atoms with Crippen molar-refractivity contribution >= 4 is 7.98 Å². The highest BCUT2D eigenvalue weighted by molar-refractivity contribution is 6.05. The molecule has 70 valence electrons. The summed E-state index contributed by atoms with van der Waals surface area (Å²) in [5, 5.41) is 0. The molecule has 0 fully saturated rings. The molecular formula is C10H22BN. The van der Waals surface area contributed by atoms with E-state index in [4.69, 9.17) is 0 Å². The summed E-state index contributed by atoms with van der Waals surface area (Å²) in [6, 6.07) is 0.647. The molecule has 1 atom stereocenters. The molecule has 0 aliphatic rings. The van der Waals surface area contributed by atoms with E-state index in [1.54, 1.807) is 0 Å². The third kappa shape index (κ3) is 3.84. The normalized spacial score (nSPS) is 12.6. The van der Waals surface area contributed by atoms with Crippen molar-refractivity contribution in [3.05, 3.63) is 12.3 Å². The van der Waals surface area contributed by atoms with E-state index in [-0.39, 0.29) is 0 Å². The van der Waals surface area contributed by atoms with Crippen molar-refractivity contribution in [3.8, 4) is 0 Å². The zero-order valence-corrected chi connectivity index (χ0v) is 9.06. The number of allylic oxidation sites excluding steroid dienone is 1. The average molecular weight is 167 g/mol. The number of hydrogen-bond donors (Lipinski definition) is 0. The highest BCUT2D eigenvalue weighted by Crippen LogP contribution is 2.12. The van der Waals surface area contributed by atoms with E-state index >= 15 is 0 Å². The van der Waals surface area contributed by atoms with Crippen molar-refractivity contribution in [2.24, 2.45) is 0 Å². The third-order valence-electron chi connectivity index (χ3n) is 2.40. The summed E-state index contributed by atoms with van der Waals surface area (Å²) >= 11 is 0. The average Bonchev–Trinajstić information content (AvgIpc) is 2.04. The minimum Gasteiger partial charge on any atom is -0.423 e. The fourth-order valence-corrected chi connectivity index (χ4v) is 1.39. The summed E-state index contributed by atoms with van der Waals surface area (Å²) in [6.45, 7) is 10.8. The summed E-state index contributed by atoms with van der Waals surface area (Å²) in [6.07, 6.45) is 4.84. The van der Waals surface area contributed by atoms with Gasteiger partial charge in [0.1, 0.15) is 0 Å². The Hall–Kier alpha value is -0.395. The molecule has 0 saturated heterocycles. The molecule has 0 spiro atoms. The van der Waals surface area contributed by atoms with Crippen molar-refractivity contribution in [1.82, 2.24) is 4.81 Å². The Labute approximate surface area is 78.3 Å². The Morgan fingerprint density at radius 2 is 2.00 bits per heavy atom. The maximum Gasteiger partial charge on any atom is 0.217 e. The quantitative estimate of drug-likeness (QED) is 0.549. The van der Waals surface area contributed by atoms with Gasteiger partial charge in [-0.3, -0.25) is 0 Å². The van der Waals surface area contributed by atoms with Crippen molar-refractivity contribution in [1.29, 1.82) is 0 Å². The summed E-state index contributed by atoms with van der Waals surface area (Å²) in [5.41, 5.74) is 1.28. The lowest BCUT2D eigenvalue weighted by atomic mass is 10.1. The Morgan fingerprint density at radius 1 is 1.42 bits per heavy atom. The SMILES string of the molecule is BN(C(=C)CCC)C(C)CCC. The lowest BCUT2D eigenvalue weighted by Gasteiger charge is -2.29. The van der Waals surface area contributed by atoms with Crippen LogP contribution in [0.5, 0.6) is 0 Å². The Bertz CT molecular complexity index is 134. The fraction of sp³-hybridized carbons (Fsp3) is 0.800. The molecule has 0 radical (unpaired) electrons. The number of nitrogens with zero attached hydrogens (tertiary/aromatic N) is 1. The number of hydrogen-bond acceptors (Lipinski definition) is 1. The molecule has 0 amide bonds. The van der Waals surface area contributed by atoms with Gasteiger partial charge in [-0.05, 0) is 25.5 Å². The highest BCUT2D eigenvalue weighted by atomic mass is 15.1. The fourth-order valence-electron chi connectivity index (χ4n) is 1.39. The second-order valence-corrected chi connectivity index (χ2v) is 3.56. The maximum atomic E-state index is 4.07. The van der Waals surface area contributed by atoms with Gasteiger partial charge in [0, 0.05) is 6.04 Å². The van der Waals surface area contributed by atoms with Crippen molar-refractivity contribution in [2.75, 3.05) is 0 Å². The van der Waals surface area contributed by atoms with Crippen LogP contribution in [0.4, 0.5) is 0 Å². The van der Waals surface area contributed by atoms with Crippen LogP contribution in [-0.2, 0) is 0 Å². The lowest BCUT2D eigenvalue weighted by Crippen LogP contribution is -2.29. The molecule has 0 heterocycles. The second-order valence-electron chi connectivity index (χ2n) is 3.56. The van der Waals surface area contributed by atoms with Gasteiger partial charge in [-0.2, -0.15) is 0 Å². The molecule has 0 aromatic rings. The molecule has 0 aliphatic carbocycles. The predicted molar refractivity (Wildman–Crippen MR) is 58.8 cm³/mol. The molecule has 0 N–H and O–H groups in total. The zero-order chi connectivity index (χ0) is 9.56. The van der Waals surface area contributed by atoms with Gasteiger partial charge in [-0.1, -0.05) is 33.3 Å². The molecule has 2 heteroatoms. The molecule has 12 heavy (non-hydrogen) atoms. The molecule has 0 aliphatic heterocycles. The van der Waals surface area contributed by atoms with Gasteiger partial charge in [0.05, 0.1) is 0 Å². The van der Waals surface area contributed by atoms with E-state index in [1.807, 2.05) is 0 Å². The Morgan fingerprint density at radius 3 is 2.42 bits per heavy atom. The van der Waals surface area contributed by atoms with E-state index in [2.05, 4.69) is 40.1 Å². The predicted octanol–water partition coefficient (Wildman–Crippen LogP) is 2.34. The zero-order valence-electron chi connectivity index (χ0n) is 9.06. The smallest absolute Gasteiger partial charge is 0.217 e. The van der Waals surface area contributed by atoms with Gasteiger partial charge in [0.25, 0.3) is 0 Å². The monoisotopic (exact) mass is 167 g/mol. The van der Waals surface area contributed by atoms with Gasteiger partial charge < -0.3 is 4.81 Å². The molecule has 0 aromatic carbocycles. The van der Waals surface area contributed by atoms with Crippen LogP contribution < -0.4 is 0 Å². The number of rotatable bonds is 6. The van der Waals surface area contributed by atoms with Crippen LogP contribution in [0.2, 0.25) is 0 Å². The third-order valence-corrected chi connectivity index (χ3v) is 2.40. The van der Waals surface area contributed by atoms with Gasteiger partial charge in [-0.25, -0.2) is 0 Å². The molecule has 1 unspecified atom stereocenters. The van der Waals surface area contributed by atoms with Crippen LogP contribution in [0.25, 0.3) is 0 Å². The molecule has 0 aromatic heterocycles. The first-order chi connectivity index (χ1) is 5.63. The molecule has 0 bridgehead atoms. The molecule has 0 rings (SSSR count). The van der Waals surface area contributed by atoms with Gasteiger partial charge in [0.2, 0.25) is 7.98 Å². The molecule has 0 saturated carbocycles. The molecule has 1 nitrogen and oxygen atoms in total. The summed E-state index contributed by atoms with van der Waals surface area (Å²) < 4.78 is 0. The van der Waals surface area contributed by atoms with Crippen LogP contribution in [0.3, 0.4) is 0 Å². The Kier molecular flexibility index (Phi) is 5.95. The van der Waals surface area contributed by atoms with E-state index in [9.17, 15) is 0 Å². The van der Waals surface area contributed by atoms with Crippen molar-refractivity contribution in [3.63, 3.8) is 0 Å². The summed E-state index contributed by atoms with van der Waals surface area (Å²) in [7, 11) is 2.15. The Balaban J connectivity index is 3.82. The van der Waals surface area contributed by atoms with Crippen LogP contribution in [0.15, 0.2) is 12.3 Å². The summed E-state index contributed by atoms with van der Waals surface area (Å²) in [5.74, 6) is 0. The van der Waals surface area contributed by atoms with Gasteiger partial charge >= 0.3 is 0 Å². The minimum absolute atomic E-state index is 0.647. The van der Waals surface area contributed by atoms with E-state index in [0.717, 1.165) is 6.42 Å². The minimum atomic E-state index is 0.647. The van der Waals surface area contributed by atoms with E-state index in [0.29, 0.717) is 6.04 Å². The van der Waals surface area contributed by atoms with E-state index < -0.39 is 0 Å². The van der Waals surface area contributed by atoms with E-state index in [1.165, 1.54) is 25.0 Å². The van der Waals surface area contributed by atoms with Crippen molar-refractivity contribution in [2.45, 2.75) is 52.5 Å². The molecular weight excluding hydrogens is 145 g/mol. The maximum absolute atomic E-state index is 4.07. The van der Waals surface area contributed by atoms with Gasteiger partial charge in [-0.15, -0.1) is 0 Å². The van der Waals surface area contributed by atoms with Crippen LogP contribution >= 0.6 is 0 Å². The highest BCUT2D eigenvalue weighted by Gasteiger charge is 2.07. The first kappa shape index (κ1) is 11.6. The standard InChI is InChI=1S/C10H22BN/c1-5-7-9(3)12(11)10(4)8-6-2/h10H,3,5-8,11H2,1-2,4H3. The largest absolute Gasteiger partial charge is 0.423 e. The second kappa shape index (κ2) is 6.16. The first-order valence-electron chi connectivity index (χ1n) is 5.04. The lowest BCUT2D eigenvalue weighted by molar-refractivity contribution is 0.390. The van der Waals surface area contributed by atoms with Crippen LogP contribution in [0.1, 0.15) is 46.5 Å². The van der Waals surface area contributed by atoms with Crippen molar-refractivity contribution < 1.29 is 0 Å². The van der Waals surface area contributed by atoms with Gasteiger partial charge in [0.15, 0.2) is 0 Å². The van der Waals surface area contributed by atoms with Crippen LogP contribution in [-0.4, -0.2) is 18.8 Å². The topological polar surface area (TPSA) is 3.24 Å². The first-order valence-corrected chi connectivity index (χ1v) is 5.04.